The van der Waals surface area contributed by atoms with Gasteiger partial charge in [-0.1, -0.05) is 41.9 Å². The number of benzene rings is 2. The summed E-state index contributed by atoms with van der Waals surface area (Å²) < 4.78 is 0. The number of nitriles is 1. The van der Waals surface area contributed by atoms with E-state index >= 15 is 0 Å². The number of amides is 2. The van der Waals surface area contributed by atoms with Gasteiger partial charge < -0.3 is 10.6 Å². The molecular formula is C18H16ClN3O2. The van der Waals surface area contributed by atoms with Gasteiger partial charge >= 0.3 is 0 Å². The summed E-state index contributed by atoms with van der Waals surface area (Å²) in [5.74, 6) is -0.789. The SMILES string of the molecule is Cc1ccccc1C(=O)NCC(=O)NC(C#N)c1cccc(Cl)c1. The zero-order valence-corrected chi connectivity index (χ0v) is 13.8. The third-order valence-electron chi connectivity index (χ3n) is 3.42. The van der Waals surface area contributed by atoms with E-state index in [4.69, 9.17) is 11.6 Å². The number of nitrogens with one attached hydrogen (secondary N) is 2. The van der Waals surface area contributed by atoms with Crippen LogP contribution in [0.3, 0.4) is 0 Å². The molecule has 0 aliphatic heterocycles. The van der Waals surface area contributed by atoms with Gasteiger partial charge in [0, 0.05) is 10.6 Å². The normalized spacial score (nSPS) is 11.2. The van der Waals surface area contributed by atoms with Crippen LogP contribution in [0.1, 0.15) is 27.5 Å². The maximum Gasteiger partial charge on any atom is 0.251 e. The molecule has 1 atom stereocenters. The van der Waals surface area contributed by atoms with Gasteiger partial charge in [-0.25, -0.2) is 0 Å². The Labute approximate surface area is 145 Å². The van der Waals surface area contributed by atoms with Gasteiger partial charge in [0.2, 0.25) is 5.91 Å². The van der Waals surface area contributed by atoms with Crippen LogP contribution in [0.25, 0.3) is 0 Å². The second kappa shape index (κ2) is 8.14. The molecule has 0 saturated heterocycles. The Morgan fingerprint density at radius 1 is 1.21 bits per heavy atom. The van der Waals surface area contributed by atoms with E-state index in [1.165, 1.54) is 0 Å². The minimum absolute atomic E-state index is 0.216. The molecule has 5 nitrogen and oxygen atoms in total. The van der Waals surface area contributed by atoms with Crippen LogP contribution in [0.2, 0.25) is 5.02 Å². The highest BCUT2D eigenvalue weighted by atomic mass is 35.5. The van der Waals surface area contributed by atoms with E-state index in [1.54, 1.807) is 36.4 Å². The van der Waals surface area contributed by atoms with Crippen molar-refractivity contribution in [1.82, 2.24) is 10.6 Å². The van der Waals surface area contributed by atoms with Crippen LogP contribution < -0.4 is 10.6 Å². The molecule has 2 N–H and O–H groups in total. The number of hydrogen-bond acceptors (Lipinski definition) is 3. The molecule has 0 aromatic heterocycles. The summed E-state index contributed by atoms with van der Waals surface area (Å²) in [6.45, 7) is 1.60. The highest BCUT2D eigenvalue weighted by Gasteiger charge is 2.15. The highest BCUT2D eigenvalue weighted by Crippen LogP contribution is 2.17. The molecular weight excluding hydrogens is 326 g/mol. The molecule has 2 aromatic rings. The predicted octanol–water partition coefficient (Wildman–Crippen LogP) is 2.76. The van der Waals surface area contributed by atoms with Crippen molar-refractivity contribution in [3.8, 4) is 6.07 Å². The van der Waals surface area contributed by atoms with Crippen molar-refractivity contribution >= 4 is 23.4 Å². The molecule has 0 spiro atoms. The topological polar surface area (TPSA) is 82.0 Å². The highest BCUT2D eigenvalue weighted by molar-refractivity contribution is 6.30. The van der Waals surface area contributed by atoms with Crippen LogP contribution in [0.15, 0.2) is 48.5 Å². The van der Waals surface area contributed by atoms with Crippen LogP contribution in [-0.2, 0) is 4.79 Å². The van der Waals surface area contributed by atoms with E-state index in [0.29, 0.717) is 16.1 Å². The first-order valence-electron chi connectivity index (χ1n) is 7.29. The summed E-state index contributed by atoms with van der Waals surface area (Å²) in [5, 5.41) is 14.8. The Balaban J connectivity index is 1.94. The minimum atomic E-state index is -0.827. The van der Waals surface area contributed by atoms with Gasteiger partial charge in [0.15, 0.2) is 0 Å². The lowest BCUT2D eigenvalue weighted by atomic mass is 10.1. The molecule has 0 radical (unpaired) electrons. The Bertz CT molecular complexity index is 799. The predicted molar refractivity (Wildman–Crippen MR) is 91.5 cm³/mol. The molecule has 0 fully saturated rings. The van der Waals surface area contributed by atoms with Crippen LogP contribution in [-0.4, -0.2) is 18.4 Å². The molecule has 2 rings (SSSR count). The molecule has 2 amide bonds. The fourth-order valence-electron chi connectivity index (χ4n) is 2.17. The summed E-state index contributed by atoms with van der Waals surface area (Å²) in [4.78, 5) is 24.0. The van der Waals surface area contributed by atoms with Gasteiger partial charge in [0.05, 0.1) is 12.6 Å². The number of halogens is 1. The number of aryl methyl sites for hydroxylation is 1. The van der Waals surface area contributed by atoms with E-state index in [0.717, 1.165) is 5.56 Å². The van der Waals surface area contributed by atoms with E-state index < -0.39 is 11.9 Å². The lowest BCUT2D eigenvalue weighted by Crippen LogP contribution is -2.38. The number of carbonyl (C=O) groups excluding carboxylic acids is 2. The molecule has 122 valence electrons. The summed E-state index contributed by atoms with van der Waals surface area (Å²) in [5.41, 5.74) is 1.92. The summed E-state index contributed by atoms with van der Waals surface area (Å²) in [6.07, 6.45) is 0. The molecule has 0 heterocycles. The van der Waals surface area contributed by atoms with Crippen molar-refractivity contribution in [2.24, 2.45) is 0 Å². The second-order valence-electron chi connectivity index (χ2n) is 5.18. The first-order valence-corrected chi connectivity index (χ1v) is 7.67. The van der Waals surface area contributed by atoms with Crippen LogP contribution in [0, 0.1) is 18.3 Å². The first-order chi connectivity index (χ1) is 11.5. The van der Waals surface area contributed by atoms with E-state index in [-0.39, 0.29) is 12.5 Å². The standard InChI is InChI=1S/C18H16ClN3O2/c1-12-5-2-3-8-15(12)18(24)21-11-17(23)22-16(10-20)13-6-4-7-14(19)9-13/h2-9,16H,11H2,1H3,(H,21,24)(H,22,23). The van der Waals surface area contributed by atoms with Gasteiger partial charge in [-0.2, -0.15) is 5.26 Å². The van der Waals surface area contributed by atoms with Gasteiger partial charge in [0.1, 0.15) is 6.04 Å². The van der Waals surface area contributed by atoms with Crippen molar-refractivity contribution < 1.29 is 9.59 Å². The molecule has 1 unspecified atom stereocenters. The Kier molecular flexibility index (Phi) is 5.94. The molecule has 24 heavy (non-hydrogen) atoms. The average molecular weight is 342 g/mol. The molecule has 0 bridgehead atoms. The fraction of sp³-hybridized carbons (Fsp3) is 0.167. The van der Waals surface area contributed by atoms with Crippen molar-refractivity contribution in [3.05, 3.63) is 70.2 Å². The third kappa shape index (κ3) is 4.58. The van der Waals surface area contributed by atoms with Crippen molar-refractivity contribution in [2.45, 2.75) is 13.0 Å². The van der Waals surface area contributed by atoms with Gasteiger partial charge in [-0.15, -0.1) is 0 Å². The molecule has 0 saturated carbocycles. The summed E-state index contributed by atoms with van der Waals surface area (Å²) >= 11 is 5.89. The van der Waals surface area contributed by atoms with E-state index in [9.17, 15) is 14.9 Å². The quantitative estimate of drug-likeness (QED) is 0.877. The molecule has 2 aromatic carbocycles. The van der Waals surface area contributed by atoms with Crippen LogP contribution >= 0.6 is 11.6 Å². The number of rotatable bonds is 5. The fourth-order valence-corrected chi connectivity index (χ4v) is 2.37. The second-order valence-corrected chi connectivity index (χ2v) is 5.62. The largest absolute Gasteiger partial charge is 0.343 e. The third-order valence-corrected chi connectivity index (χ3v) is 3.65. The van der Waals surface area contributed by atoms with E-state index in [1.807, 2.05) is 25.1 Å². The first kappa shape index (κ1) is 17.5. The zero-order chi connectivity index (χ0) is 17.5. The molecule has 0 aliphatic rings. The summed E-state index contributed by atoms with van der Waals surface area (Å²) in [6, 6.07) is 15.0. The smallest absolute Gasteiger partial charge is 0.251 e. The maximum atomic E-state index is 12.1. The molecule has 0 aliphatic carbocycles. The lowest BCUT2D eigenvalue weighted by molar-refractivity contribution is -0.120. The number of carbonyl (C=O) groups is 2. The van der Waals surface area contributed by atoms with Crippen molar-refractivity contribution in [3.63, 3.8) is 0 Å². The van der Waals surface area contributed by atoms with Crippen molar-refractivity contribution in [1.29, 1.82) is 5.26 Å². The maximum absolute atomic E-state index is 12.1. The van der Waals surface area contributed by atoms with Gasteiger partial charge in [-0.05, 0) is 36.2 Å². The van der Waals surface area contributed by atoms with Gasteiger partial charge in [-0.3, -0.25) is 9.59 Å². The van der Waals surface area contributed by atoms with Gasteiger partial charge in [0.25, 0.3) is 5.91 Å². The average Bonchev–Trinajstić information content (AvgIpc) is 2.58. The monoisotopic (exact) mass is 341 g/mol. The Morgan fingerprint density at radius 2 is 1.96 bits per heavy atom. The molecule has 6 heteroatoms. The Hall–Kier alpha value is -2.84. The number of nitrogens with zero attached hydrogens (tertiary/aromatic N) is 1. The lowest BCUT2D eigenvalue weighted by Gasteiger charge is -2.13. The number of hydrogen-bond donors (Lipinski definition) is 2. The van der Waals surface area contributed by atoms with Crippen LogP contribution in [0.4, 0.5) is 0 Å². The zero-order valence-electron chi connectivity index (χ0n) is 13.0. The van der Waals surface area contributed by atoms with Crippen LogP contribution in [0.5, 0.6) is 0 Å². The minimum Gasteiger partial charge on any atom is -0.343 e. The van der Waals surface area contributed by atoms with Crippen molar-refractivity contribution in [2.75, 3.05) is 6.54 Å². The van der Waals surface area contributed by atoms with E-state index in [2.05, 4.69) is 10.6 Å². The Morgan fingerprint density at radius 3 is 2.62 bits per heavy atom. The summed E-state index contributed by atoms with van der Waals surface area (Å²) in [7, 11) is 0.